The van der Waals surface area contributed by atoms with Gasteiger partial charge in [-0.15, -0.1) is 0 Å². The molecule has 1 aliphatic rings. The van der Waals surface area contributed by atoms with Crippen molar-refractivity contribution < 1.29 is 26.4 Å². The van der Waals surface area contributed by atoms with Crippen LogP contribution in [0.3, 0.4) is 0 Å². The number of carbonyl (C=O) groups excluding carboxylic acids is 1. The van der Waals surface area contributed by atoms with Crippen LogP contribution in [0.2, 0.25) is 0 Å². The highest BCUT2D eigenvalue weighted by molar-refractivity contribution is 7.89. The van der Waals surface area contributed by atoms with Crippen LogP contribution in [0.25, 0.3) is 0 Å². The zero-order valence-electron chi connectivity index (χ0n) is 14.1. The normalized spacial score (nSPS) is 16.4. The fraction of sp³-hybridized carbons (Fsp3) is 0.562. The maximum Gasteiger partial charge on any atom is 0.416 e. The van der Waals surface area contributed by atoms with E-state index in [1.807, 2.05) is 0 Å². The van der Waals surface area contributed by atoms with E-state index in [0.717, 1.165) is 44.1 Å². The number of piperidine rings is 1. The Labute approximate surface area is 150 Å². The van der Waals surface area contributed by atoms with Gasteiger partial charge in [0.15, 0.2) is 0 Å². The fourth-order valence-corrected chi connectivity index (χ4v) is 3.76. The summed E-state index contributed by atoms with van der Waals surface area (Å²) in [5.74, 6) is -0.157. The van der Waals surface area contributed by atoms with Crippen LogP contribution >= 0.6 is 0 Å². The summed E-state index contributed by atoms with van der Waals surface area (Å²) < 4.78 is 64.4. The summed E-state index contributed by atoms with van der Waals surface area (Å²) in [5.41, 5.74) is -1.03. The standard InChI is InChI=1S/C16H22F3N3O3S/c17-16(18,19)12-3-1-4-14(11-12)26(24,25)21-8-2-5-15(23)22-13-6-9-20-10-7-13/h1,3-4,11,13,20-21H,2,5-10H2,(H,22,23). The molecule has 1 aliphatic heterocycles. The molecule has 1 amide bonds. The Kier molecular flexibility index (Phi) is 7.01. The minimum Gasteiger partial charge on any atom is -0.353 e. The van der Waals surface area contributed by atoms with Gasteiger partial charge in [0.05, 0.1) is 10.5 Å². The van der Waals surface area contributed by atoms with Crippen molar-refractivity contribution in [2.24, 2.45) is 0 Å². The smallest absolute Gasteiger partial charge is 0.353 e. The minimum atomic E-state index is -4.61. The number of carbonyl (C=O) groups is 1. The van der Waals surface area contributed by atoms with Gasteiger partial charge < -0.3 is 10.6 Å². The lowest BCUT2D eigenvalue weighted by Gasteiger charge is -2.23. The van der Waals surface area contributed by atoms with Gasteiger partial charge in [-0.1, -0.05) is 6.07 Å². The molecule has 6 nitrogen and oxygen atoms in total. The van der Waals surface area contributed by atoms with Gasteiger partial charge in [0.25, 0.3) is 0 Å². The molecule has 1 fully saturated rings. The van der Waals surface area contributed by atoms with E-state index in [-0.39, 0.29) is 31.3 Å². The average molecular weight is 393 g/mol. The topological polar surface area (TPSA) is 87.3 Å². The summed E-state index contributed by atoms with van der Waals surface area (Å²) >= 11 is 0. The highest BCUT2D eigenvalue weighted by Gasteiger charge is 2.31. The van der Waals surface area contributed by atoms with Crippen molar-refractivity contribution in [1.29, 1.82) is 0 Å². The number of hydrogen-bond donors (Lipinski definition) is 3. The van der Waals surface area contributed by atoms with Crippen molar-refractivity contribution in [1.82, 2.24) is 15.4 Å². The molecule has 3 N–H and O–H groups in total. The lowest BCUT2D eigenvalue weighted by atomic mass is 10.1. The van der Waals surface area contributed by atoms with Crippen LogP contribution in [0.15, 0.2) is 29.2 Å². The summed E-state index contributed by atoms with van der Waals surface area (Å²) in [6.45, 7) is 1.67. The molecule has 0 radical (unpaired) electrons. The van der Waals surface area contributed by atoms with Crippen molar-refractivity contribution in [3.05, 3.63) is 29.8 Å². The van der Waals surface area contributed by atoms with Crippen molar-refractivity contribution in [2.75, 3.05) is 19.6 Å². The molecule has 1 aromatic carbocycles. The van der Waals surface area contributed by atoms with Crippen LogP contribution in [-0.4, -0.2) is 40.0 Å². The van der Waals surface area contributed by atoms with E-state index in [0.29, 0.717) is 6.07 Å². The number of amides is 1. The van der Waals surface area contributed by atoms with Gasteiger partial charge in [-0.3, -0.25) is 4.79 Å². The third-order valence-corrected chi connectivity index (χ3v) is 5.51. The second-order valence-corrected chi connectivity index (χ2v) is 7.89. The van der Waals surface area contributed by atoms with Crippen LogP contribution in [0.4, 0.5) is 13.2 Å². The molecule has 1 aromatic rings. The molecule has 2 rings (SSSR count). The molecule has 26 heavy (non-hydrogen) atoms. The van der Waals surface area contributed by atoms with Gasteiger partial charge in [-0.05, 0) is 50.6 Å². The monoisotopic (exact) mass is 393 g/mol. The summed E-state index contributed by atoms with van der Waals surface area (Å²) in [4.78, 5) is 11.4. The first-order valence-electron chi connectivity index (χ1n) is 8.35. The molecule has 0 aliphatic carbocycles. The zero-order valence-corrected chi connectivity index (χ0v) is 14.9. The van der Waals surface area contributed by atoms with E-state index in [9.17, 15) is 26.4 Å². The van der Waals surface area contributed by atoms with Crippen LogP contribution in [0.5, 0.6) is 0 Å². The van der Waals surface area contributed by atoms with E-state index in [4.69, 9.17) is 0 Å². The second kappa shape index (κ2) is 8.83. The molecule has 0 bridgehead atoms. The van der Waals surface area contributed by atoms with E-state index in [2.05, 4.69) is 15.4 Å². The second-order valence-electron chi connectivity index (χ2n) is 6.12. The van der Waals surface area contributed by atoms with Gasteiger partial charge in [-0.2, -0.15) is 13.2 Å². The average Bonchev–Trinajstić information content (AvgIpc) is 2.59. The number of rotatable bonds is 7. The number of alkyl halides is 3. The molecule has 0 aromatic heterocycles. The van der Waals surface area contributed by atoms with Crippen molar-refractivity contribution >= 4 is 15.9 Å². The molecular formula is C16H22F3N3O3S. The molecule has 0 atom stereocenters. The molecule has 146 valence electrons. The number of benzene rings is 1. The van der Waals surface area contributed by atoms with Crippen molar-refractivity contribution in [3.8, 4) is 0 Å². The predicted octanol–water partition coefficient (Wildman–Crippen LogP) is 1.63. The quantitative estimate of drug-likeness (QED) is 0.615. The summed E-state index contributed by atoms with van der Waals surface area (Å²) in [6, 6.07) is 3.67. The number of nitrogens with one attached hydrogen (secondary N) is 3. The first-order chi connectivity index (χ1) is 12.2. The summed E-state index contributed by atoms with van der Waals surface area (Å²) in [6.07, 6.45) is -2.50. The Bertz CT molecular complexity index is 717. The molecular weight excluding hydrogens is 371 g/mol. The Balaban J connectivity index is 1.80. The predicted molar refractivity (Wildman–Crippen MR) is 89.9 cm³/mol. The Morgan fingerprint density at radius 3 is 2.58 bits per heavy atom. The van der Waals surface area contributed by atoms with Gasteiger partial charge in [0.2, 0.25) is 15.9 Å². The van der Waals surface area contributed by atoms with Crippen LogP contribution in [-0.2, 0) is 21.0 Å². The largest absolute Gasteiger partial charge is 0.416 e. The molecule has 0 spiro atoms. The first kappa shape index (κ1) is 20.7. The van der Waals surface area contributed by atoms with Crippen molar-refractivity contribution in [2.45, 2.75) is 42.8 Å². The summed E-state index contributed by atoms with van der Waals surface area (Å²) in [7, 11) is -4.06. The first-order valence-corrected chi connectivity index (χ1v) is 9.84. The maximum absolute atomic E-state index is 12.7. The van der Waals surface area contributed by atoms with Gasteiger partial charge in [-0.25, -0.2) is 13.1 Å². The van der Waals surface area contributed by atoms with Crippen molar-refractivity contribution in [3.63, 3.8) is 0 Å². The van der Waals surface area contributed by atoms with E-state index in [1.165, 1.54) is 0 Å². The van der Waals surface area contributed by atoms with E-state index < -0.39 is 26.7 Å². The number of halogens is 3. The van der Waals surface area contributed by atoms with Crippen LogP contribution in [0, 0.1) is 0 Å². The third-order valence-electron chi connectivity index (χ3n) is 4.05. The maximum atomic E-state index is 12.7. The molecule has 0 unspecified atom stereocenters. The minimum absolute atomic E-state index is 0.0295. The third kappa shape index (κ3) is 6.26. The van der Waals surface area contributed by atoms with Crippen LogP contribution < -0.4 is 15.4 Å². The molecule has 1 heterocycles. The highest BCUT2D eigenvalue weighted by atomic mass is 32.2. The fourth-order valence-electron chi connectivity index (χ4n) is 2.64. The van der Waals surface area contributed by atoms with E-state index in [1.54, 1.807) is 0 Å². The molecule has 1 saturated heterocycles. The lowest BCUT2D eigenvalue weighted by Crippen LogP contribution is -2.42. The number of sulfonamides is 1. The van der Waals surface area contributed by atoms with E-state index >= 15 is 0 Å². The Hall–Kier alpha value is -1.65. The SMILES string of the molecule is O=C(CCCNS(=O)(=O)c1cccc(C(F)(F)F)c1)NC1CCNCC1. The summed E-state index contributed by atoms with van der Waals surface area (Å²) in [5, 5.41) is 6.08. The molecule has 10 heteroatoms. The zero-order chi connectivity index (χ0) is 19.2. The highest BCUT2D eigenvalue weighted by Crippen LogP contribution is 2.30. The van der Waals surface area contributed by atoms with Gasteiger partial charge in [0, 0.05) is 19.0 Å². The Morgan fingerprint density at radius 1 is 1.23 bits per heavy atom. The van der Waals surface area contributed by atoms with Gasteiger partial charge in [0.1, 0.15) is 0 Å². The van der Waals surface area contributed by atoms with Gasteiger partial charge >= 0.3 is 6.18 Å². The number of hydrogen-bond acceptors (Lipinski definition) is 4. The lowest BCUT2D eigenvalue weighted by molar-refractivity contribution is -0.137. The Morgan fingerprint density at radius 2 is 1.92 bits per heavy atom. The van der Waals surface area contributed by atoms with Crippen LogP contribution in [0.1, 0.15) is 31.2 Å². The molecule has 0 saturated carbocycles.